The molecule has 3 aromatic rings. The first-order valence-electron chi connectivity index (χ1n) is 12.7. The van der Waals surface area contributed by atoms with Gasteiger partial charge in [-0.25, -0.2) is 0 Å². The second kappa shape index (κ2) is 2.32. The van der Waals surface area contributed by atoms with Crippen LogP contribution in [0.2, 0.25) is 43.3 Å². The Morgan fingerprint density at radius 3 is 1.36 bits per heavy atom. The zero-order chi connectivity index (χ0) is 21.3. The van der Waals surface area contributed by atoms with Crippen molar-refractivity contribution in [2.24, 2.45) is 0 Å². The van der Waals surface area contributed by atoms with Crippen molar-refractivity contribution in [3.63, 3.8) is 0 Å². The van der Waals surface area contributed by atoms with Crippen LogP contribution in [0, 0.1) is 11.8 Å². The molecular formula is C31H27FeP. The molecule has 10 heterocycles. The first-order valence-corrected chi connectivity index (χ1v) is 20.3. The van der Waals surface area contributed by atoms with Gasteiger partial charge in [-0.1, -0.05) is 24.1 Å². The van der Waals surface area contributed by atoms with Crippen molar-refractivity contribution < 1.29 is 6.51 Å². The fourth-order valence-electron chi connectivity index (χ4n) is 19.0. The third kappa shape index (κ3) is 0.376. The molecule has 10 aliphatic heterocycles. The molecule has 0 bridgehead atoms. The monoisotopic (exact) mass is 486 g/mol. The van der Waals surface area contributed by atoms with E-state index in [0.29, 0.717) is 0 Å². The molecule has 2 heteroatoms. The van der Waals surface area contributed by atoms with Gasteiger partial charge in [-0.2, -0.15) is 0 Å². The molecule has 0 N–H and O–H groups in total. The first-order chi connectivity index (χ1) is 16.1. The molecule has 0 radical (unpaired) electrons. The first kappa shape index (κ1) is 16.0. The summed E-state index contributed by atoms with van der Waals surface area (Å²) in [5.74, 6) is 5.79. The van der Waals surface area contributed by atoms with Gasteiger partial charge in [0.1, 0.15) is 0 Å². The maximum atomic E-state index is 2.96. The summed E-state index contributed by atoms with van der Waals surface area (Å²) in [7, 11) is -0.0683. The van der Waals surface area contributed by atoms with Gasteiger partial charge in [0.2, 0.25) is 0 Å². The van der Waals surface area contributed by atoms with E-state index in [4.69, 9.17) is 0 Å². The Morgan fingerprint density at radius 2 is 1.03 bits per heavy atom. The van der Waals surface area contributed by atoms with E-state index in [1.54, 1.807) is 10.6 Å². The summed E-state index contributed by atoms with van der Waals surface area (Å²) in [5.41, 5.74) is 1.08. The molecule has 0 aromatic heterocycles. The van der Waals surface area contributed by atoms with Crippen LogP contribution in [0.1, 0.15) is 12.5 Å². The molecule has 4 atom stereocenters. The van der Waals surface area contributed by atoms with Crippen LogP contribution in [-0.4, -0.2) is 4.05 Å². The molecule has 1 spiro atoms. The number of fused-ring (bicyclic) bond motifs is 10. The summed E-state index contributed by atoms with van der Waals surface area (Å²) in [4.78, 5) is 12.9. The SMILES string of the molecule is CC#Cc1ccccc1.c1ccc(P(c2ccccc2)[C]23[CH]4[CH]5[CH]6[CH]2[Fe]56432789[CH]3[CH]2[CH]7[CH]8[CH]39)cc1. The third-order valence-corrected chi connectivity index (χ3v) is 67.4. The summed E-state index contributed by atoms with van der Waals surface area (Å²) in [6.07, 6.45) is 0. The topological polar surface area (TPSA) is 0 Å². The molecule has 0 nitrogen and oxygen atoms in total. The van der Waals surface area contributed by atoms with Crippen LogP contribution >= 0.6 is 7.92 Å². The van der Waals surface area contributed by atoms with Crippen LogP contribution < -0.4 is 10.6 Å². The summed E-state index contributed by atoms with van der Waals surface area (Å²) < 4.78 is 0.983. The van der Waals surface area contributed by atoms with Crippen LogP contribution in [0.25, 0.3) is 0 Å². The zero-order valence-corrected chi connectivity index (χ0v) is 20.7. The van der Waals surface area contributed by atoms with Gasteiger partial charge < -0.3 is 0 Å². The Bertz CT molecular complexity index is 1740. The van der Waals surface area contributed by atoms with E-state index >= 15 is 0 Å². The summed E-state index contributed by atoms with van der Waals surface area (Å²) in [5, 5.41) is 3.48. The zero-order valence-electron chi connectivity index (χ0n) is 18.7. The fourth-order valence-corrected chi connectivity index (χ4v) is 108. The van der Waals surface area contributed by atoms with Gasteiger partial charge in [-0.3, -0.25) is 0 Å². The summed E-state index contributed by atoms with van der Waals surface area (Å²) in [6, 6.07) is 33.7. The van der Waals surface area contributed by atoms with Crippen molar-refractivity contribution in [2.45, 2.75) is 54.3 Å². The van der Waals surface area contributed by atoms with Crippen molar-refractivity contribution in [2.75, 3.05) is 0 Å². The van der Waals surface area contributed by atoms with Gasteiger partial charge in [-0.05, 0) is 19.1 Å². The quantitative estimate of drug-likeness (QED) is 0.205. The van der Waals surface area contributed by atoms with E-state index in [0.717, 1.165) is 9.62 Å². The Morgan fingerprint density at radius 1 is 0.606 bits per heavy atom. The van der Waals surface area contributed by atoms with Crippen molar-refractivity contribution in [3.8, 4) is 11.8 Å². The van der Waals surface area contributed by atoms with Crippen molar-refractivity contribution in [1.29, 1.82) is 0 Å². The number of hydrogen-bond acceptors (Lipinski definition) is 0. The van der Waals surface area contributed by atoms with E-state index in [1.165, 1.54) is 43.3 Å². The standard InChI is InChI=1S/C17H14P.C9H8.C5H5.Fe/c1-3-9-15(10-4-1)18(17-13-7-8-14-17)16-11-5-2-6-12-16;1-2-6-9-7-4-3-5-8-9;1-2-4-5-3-1;/h1-14H;3-5,7-8H,1H3;1-5H;. The molecule has 0 amide bonds. The van der Waals surface area contributed by atoms with Crippen LogP contribution in [0.3, 0.4) is 0 Å². The fraction of sp³-hybridized carbons (Fsp3) is 0.355. The van der Waals surface area contributed by atoms with Gasteiger partial charge >= 0.3 is 133 Å². The van der Waals surface area contributed by atoms with Crippen molar-refractivity contribution in [3.05, 3.63) is 96.6 Å². The van der Waals surface area contributed by atoms with Crippen molar-refractivity contribution in [1.82, 2.24) is 0 Å². The van der Waals surface area contributed by atoms with E-state index in [-0.39, 0.29) is 7.92 Å². The predicted octanol–water partition coefficient (Wildman–Crippen LogP) is 7.47. The molecule has 0 saturated carbocycles. The third-order valence-electron chi connectivity index (χ3n) is 18.0. The Balaban J connectivity index is 0.000000144. The van der Waals surface area contributed by atoms with Gasteiger partial charge in [0, 0.05) is 5.56 Å². The summed E-state index contributed by atoms with van der Waals surface area (Å²) >= 11 is 0. The second-order valence-corrected chi connectivity index (χ2v) is 40.8. The molecule has 164 valence electrons. The average Bonchev–Trinajstić information content (AvgIpc) is 3.81. The molecule has 4 unspecified atom stereocenters. The molecule has 10 saturated heterocycles. The average molecular weight is 486 g/mol. The predicted molar refractivity (Wildman–Crippen MR) is 135 cm³/mol. The van der Waals surface area contributed by atoms with E-state index in [9.17, 15) is 0 Å². The molecule has 10 fully saturated rings. The minimum atomic E-state index is -3.05. The number of benzene rings is 3. The molecule has 3 aromatic carbocycles. The molecule has 13 rings (SSSR count). The molecule has 10 aliphatic rings. The van der Waals surface area contributed by atoms with Gasteiger partial charge in [0.15, 0.2) is 0 Å². The van der Waals surface area contributed by atoms with Crippen molar-refractivity contribution >= 4 is 18.5 Å². The Kier molecular flexibility index (Phi) is 1.12. The number of rotatable bonds is 3. The summed E-state index contributed by atoms with van der Waals surface area (Å²) in [6.45, 7) is -1.21. The van der Waals surface area contributed by atoms with Crippen LogP contribution in [0.15, 0.2) is 91.0 Å². The van der Waals surface area contributed by atoms with E-state index in [2.05, 4.69) is 72.5 Å². The van der Waals surface area contributed by atoms with Crippen LogP contribution in [0.4, 0.5) is 0 Å². The molecule has 0 aliphatic carbocycles. The Hall–Kier alpha value is -1.83. The minimum absolute atomic E-state index is 0.0683. The Labute approximate surface area is 187 Å². The van der Waals surface area contributed by atoms with Gasteiger partial charge in [-0.15, -0.1) is 5.92 Å². The van der Waals surface area contributed by atoms with Gasteiger partial charge in [0.25, 0.3) is 0 Å². The number of hydrogen-bond donors (Lipinski definition) is 0. The van der Waals surface area contributed by atoms with Gasteiger partial charge in [0.05, 0.1) is 0 Å². The normalized spacial score (nSPS) is 65.9. The second-order valence-electron chi connectivity index (χ2n) is 14.4. The van der Waals surface area contributed by atoms with E-state index < -0.39 is 6.51 Å². The maximum absolute atomic E-state index is 3.05. The van der Waals surface area contributed by atoms with Crippen LogP contribution in [-0.2, 0) is 6.51 Å². The molecule has 33 heavy (non-hydrogen) atoms. The van der Waals surface area contributed by atoms with E-state index in [1.807, 2.05) is 37.3 Å². The molecular weight excluding hydrogens is 459 g/mol. The van der Waals surface area contributed by atoms with Crippen LogP contribution in [0.5, 0.6) is 0 Å².